The summed E-state index contributed by atoms with van der Waals surface area (Å²) in [4.78, 5) is 2.45. The summed E-state index contributed by atoms with van der Waals surface area (Å²) in [5, 5.41) is 13.3. The lowest BCUT2D eigenvalue weighted by Crippen LogP contribution is -2.51. The number of nitrogens with zero attached hydrogens (tertiary/aromatic N) is 2. The van der Waals surface area contributed by atoms with Crippen molar-refractivity contribution >= 4 is 0 Å². The van der Waals surface area contributed by atoms with Crippen LogP contribution < -0.4 is 5.32 Å². The highest BCUT2D eigenvalue weighted by Gasteiger charge is 2.34. The quantitative estimate of drug-likeness (QED) is 0.872. The van der Waals surface area contributed by atoms with E-state index >= 15 is 0 Å². The third-order valence-electron chi connectivity index (χ3n) is 4.68. The van der Waals surface area contributed by atoms with Crippen LogP contribution in [0, 0.1) is 17.2 Å². The van der Waals surface area contributed by atoms with Crippen LogP contribution in [0.25, 0.3) is 0 Å². The van der Waals surface area contributed by atoms with Crippen LogP contribution in [0.15, 0.2) is 30.3 Å². The van der Waals surface area contributed by atoms with Gasteiger partial charge in [-0.1, -0.05) is 50.6 Å². The lowest BCUT2D eigenvalue weighted by molar-refractivity contribution is 0.149. The van der Waals surface area contributed by atoms with E-state index in [0.29, 0.717) is 0 Å². The molecule has 1 aliphatic heterocycles. The van der Waals surface area contributed by atoms with Gasteiger partial charge in [-0.15, -0.1) is 0 Å². The lowest BCUT2D eigenvalue weighted by Gasteiger charge is -2.38. The van der Waals surface area contributed by atoms with Crippen LogP contribution in [0.1, 0.15) is 38.7 Å². The SMILES string of the molecule is CCNC(C#N)(CN1CCC(CC)CC1)c1ccccc1. The molecule has 1 fully saturated rings. The van der Waals surface area contributed by atoms with Crippen molar-refractivity contribution in [3.63, 3.8) is 0 Å². The van der Waals surface area contributed by atoms with E-state index in [-0.39, 0.29) is 0 Å². The number of hydrogen-bond acceptors (Lipinski definition) is 3. The number of rotatable bonds is 6. The molecule has 1 saturated heterocycles. The van der Waals surface area contributed by atoms with E-state index in [1.165, 1.54) is 19.3 Å². The maximum absolute atomic E-state index is 9.85. The fourth-order valence-electron chi connectivity index (χ4n) is 3.30. The molecule has 0 aromatic heterocycles. The predicted molar refractivity (Wildman–Crippen MR) is 86.9 cm³/mol. The first kappa shape index (κ1) is 16.0. The molecule has 1 heterocycles. The fourth-order valence-corrected chi connectivity index (χ4v) is 3.30. The molecule has 0 bridgehead atoms. The summed E-state index contributed by atoms with van der Waals surface area (Å²) in [6.07, 6.45) is 3.81. The summed E-state index contributed by atoms with van der Waals surface area (Å²) in [6, 6.07) is 12.7. The van der Waals surface area contributed by atoms with E-state index in [1.807, 2.05) is 18.2 Å². The first-order valence-electron chi connectivity index (χ1n) is 8.18. The summed E-state index contributed by atoms with van der Waals surface area (Å²) in [7, 11) is 0. The third-order valence-corrected chi connectivity index (χ3v) is 4.68. The molecule has 0 saturated carbocycles. The number of nitriles is 1. The Balaban J connectivity index is 2.12. The highest BCUT2D eigenvalue weighted by atomic mass is 15.2. The van der Waals surface area contributed by atoms with Crippen molar-refractivity contribution in [1.29, 1.82) is 5.26 Å². The molecular weight excluding hydrogens is 258 g/mol. The third kappa shape index (κ3) is 3.84. The Morgan fingerprint density at radius 3 is 2.43 bits per heavy atom. The lowest BCUT2D eigenvalue weighted by atomic mass is 9.88. The van der Waals surface area contributed by atoms with Gasteiger partial charge in [0.25, 0.3) is 0 Å². The molecule has 114 valence electrons. The van der Waals surface area contributed by atoms with Crippen LogP contribution in [-0.4, -0.2) is 31.1 Å². The van der Waals surface area contributed by atoms with Gasteiger partial charge in [-0.25, -0.2) is 0 Å². The molecule has 1 atom stereocenters. The number of benzene rings is 1. The summed E-state index contributed by atoms with van der Waals surface area (Å²) in [6.45, 7) is 8.15. The van der Waals surface area contributed by atoms with E-state index < -0.39 is 5.54 Å². The largest absolute Gasteiger partial charge is 0.300 e. The van der Waals surface area contributed by atoms with Crippen LogP contribution in [-0.2, 0) is 5.54 Å². The minimum Gasteiger partial charge on any atom is -0.300 e. The molecule has 1 unspecified atom stereocenters. The Labute approximate surface area is 129 Å². The first-order valence-corrected chi connectivity index (χ1v) is 8.18. The molecule has 0 radical (unpaired) electrons. The Morgan fingerprint density at radius 2 is 1.90 bits per heavy atom. The van der Waals surface area contributed by atoms with Crippen LogP contribution >= 0.6 is 0 Å². The number of hydrogen-bond donors (Lipinski definition) is 1. The van der Waals surface area contributed by atoms with E-state index in [9.17, 15) is 5.26 Å². The molecular formula is C18H27N3. The fraction of sp³-hybridized carbons (Fsp3) is 0.611. The van der Waals surface area contributed by atoms with Crippen molar-refractivity contribution in [2.75, 3.05) is 26.2 Å². The molecule has 3 nitrogen and oxygen atoms in total. The smallest absolute Gasteiger partial charge is 0.145 e. The van der Waals surface area contributed by atoms with Gasteiger partial charge in [-0.2, -0.15) is 5.26 Å². The molecule has 1 aliphatic rings. The maximum Gasteiger partial charge on any atom is 0.145 e. The predicted octanol–water partition coefficient (Wildman–Crippen LogP) is 3.14. The summed E-state index contributed by atoms with van der Waals surface area (Å²) in [5.74, 6) is 0.869. The van der Waals surface area contributed by atoms with Crippen LogP contribution in [0.5, 0.6) is 0 Å². The van der Waals surface area contributed by atoms with Gasteiger partial charge in [-0.05, 0) is 44.0 Å². The highest BCUT2D eigenvalue weighted by molar-refractivity contribution is 5.32. The zero-order valence-electron chi connectivity index (χ0n) is 13.3. The normalized spacial score (nSPS) is 19.9. The minimum absolute atomic E-state index is 0.588. The maximum atomic E-state index is 9.85. The summed E-state index contributed by atoms with van der Waals surface area (Å²) in [5.41, 5.74) is 0.488. The van der Waals surface area contributed by atoms with E-state index in [0.717, 1.165) is 37.7 Å². The average molecular weight is 285 g/mol. The number of likely N-dealkylation sites (tertiary alicyclic amines) is 1. The monoisotopic (exact) mass is 285 g/mol. The van der Waals surface area contributed by atoms with Gasteiger partial charge < -0.3 is 4.90 Å². The van der Waals surface area contributed by atoms with Crippen molar-refractivity contribution in [2.45, 2.75) is 38.6 Å². The van der Waals surface area contributed by atoms with Crippen molar-refractivity contribution in [2.24, 2.45) is 5.92 Å². The molecule has 0 spiro atoms. The van der Waals surface area contributed by atoms with Gasteiger partial charge in [0, 0.05) is 6.54 Å². The van der Waals surface area contributed by atoms with E-state index in [2.05, 4.69) is 42.3 Å². The minimum atomic E-state index is -0.588. The molecule has 0 aliphatic carbocycles. The van der Waals surface area contributed by atoms with E-state index in [1.54, 1.807) is 0 Å². The van der Waals surface area contributed by atoms with Crippen molar-refractivity contribution in [3.8, 4) is 6.07 Å². The summed E-state index contributed by atoms with van der Waals surface area (Å²) >= 11 is 0. The highest BCUT2D eigenvalue weighted by Crippen LogP contribution is 2.26. The van der Waals surface area contributed by atoms with Crippen LogP contribution in [0.4, 0.5) is 0 Å². The Morgan fingerprint density at radius 1 is 1.24 bits per heavy atom. The molecule has 0 amide bonds. The van der Waals surface area contributed by atoms with E-state index in [4.69, 9.17) is 0 Å². The topological polar surface area (TPSA) is 39.1 Å². The molecule has 1 aromatic carbocycles. The second-order valence-electron chi connectivity index (χ2n) is 6.04. The van der Waals surface area contributed by atoms with Gasteiger partial charge in [0.05, 0.1) is 6.07 Å². The zero-order chi connectivity index (χ0) is 15.1. The van der Waals surface area contributed by atoms with Crippen molar-refractivity contribution in [3.05, 3.63) is 35.9 Å². The van der Waals surface area contributed by atoms with Gasteiger partial charge in [0.15, 0.2) is 0 Å². The molecule has 21 heavy (non-hydrogen) atoms. The van der Waals surface area contributed by atoms with Gasteiger partial charge in [0.2, 0.25) is 0 Å². The standard InChI is InChI=1S/C18H27N3/c1-3-16-10-12-21(13-11-16)15-18(14-19,20-4-2)17-8-6-5-7-9-17/h5-9,16,20H,3-4,10-13,15H2,1-2H3. The summed E-state index contributed by atoms with van der Waals surface area (Å²) < 4.78 is 0. The van der Waals surface area contributed by atoms with Crippen LogP contribution in [0.2, 0.25) is 0 Å². The Bertz CT molecular complexity index is 457. The Hall–Kier alpha value is -1.37. The van der Waals surface area contributed by atoms with Gasteiger partial charge >= 0.3 is 0 Å². The van der Waals surface area contributed by atoms with Gasteiger partial charge in [0.1, 0.15) is 5.54 Å². The number of piperidine rings is 1. The van der Waals surface area contributed by atoms with Crippen molar-refractivity contribution in [1.82, 2.24) is 10.2 Å². The second kappa shape index (κ2) is 7.59. The number of nitrogens with one attached hydrogen (secondary N) is 1. The second-order valence-corrected chi connectivity index (χ2v) is 6.04. The molecule has 2 rings (SSSR count). The van der Waals surface area contributed by atoms with Crippen molar-refractivity contribution < 1.29 is 0 Å². The van der Waals surface area contributed by atoms with Gasteiger partial charge in [-0.3, -0.25) is 5.32 Å². The molecule has 3 heteroatoms. The average Bonchev–Trinajstić information content (AvgIpc) is 2.56. The number of likely N-dealkylation sites (N-methyl/N-ethyl adjacent to an activating group) is 1. The molecule has 1 aromatic rings. The van der Waals surface area contributed by atoms with Crippen LogP contribution in [0.3, 0.4) is 0 Å². The first-order chi connectivity index (χ1) is 10.2. The zero-order valence-corrected chi connectivity index (χ0v) is 13.3. The Kier molecular flexibility index (Phi) is 5.78. The molecule has 1 N–H and O–H groups in total.